The minimum atomic E-state index is -0.602. The van der Waals surface area contributed by atoms with Crippen LogP contribution in [-0.2, 0) is 9.53 Å². The molecule has 1 unspecified atom stereocenters. The molecule has 0 aliphatic carbocycles. The predicted octanol–water partition coefficient (Wildman–Crippen LogP) is 2.80. The summed E-state index contributed by atoms with van der Waals surface area (Å²) in [6.07, 6.45) is 0. The number of methoxy groups -OCH3 is 1. The van der Waals surface area contributed by atoms with Crippen molar-refractivity contribution >= 4 is 21.9 Å². The van der Waals surface area contributed by atoms with Crippen LogP contribution in [0.5, 0.6) is 0 Å². The van der Waals surface area contributed by atoms with Gasteiger partial charge in [0.2, 0.25) is 0 Å². The van der Waals surface area contributed by atoms with Crippen LogP contribution < -0.4 is 5.32 Å². The average Bonchev–Trinajstić information content (AvgIpc) is 2.25. The zero-order valence-corrected chi connectivity index (χ0v) is 11.5. The summed E-state index contributed by atoms with van der Waals surface area (Å²) in [6, 6.07) is 3.72. The maximum absolute atomic E-state index is 13.0. The van der Waals surface area contributed by atoms with Gasteiger partial charge >= 0.3 is 5.97 Å². The lowest BCUT2D eigenvalue weighted by atomic mass is 10.1. The highest BCUT2D eigenvalue weighted by Gasteiger charge is 2.24. The molecule has 0 aromatic heterocycles. The Morgan fingerprint density at radius 3 is 2.59 bits per heavy atom. The van der Waals surface area contributed by atoms with Gasteiger partial charge in [0.05, 0.1) is 7.11 Å². The number of hydrogen-bond acceptors (Lipinski definition) is 3. The van der Waals surface area contributed by atoms with Gasteiger partial charge in [-0.3, -0.25) is 5.32 Å². The van der Waals surface area contributed by atoms with Gasteiger partial charge in [0.15, 0.2) is 0 Å². The van der Waals surface area contributed by atoms with Gasteiger partial charge in [-0.05, 0) is 31.5 Å². The van der Waals surface area contributed by atoms with Crippen molar-refractivity contribution in [2.24, 2.45) is 0 Å². The number of halogens is 2. The molecule has 0 bridgehead atoms. The van der Waals surface area contributed by atoms with Crippen LogP contribution in [0.15, 0.2) is 22.7 Å². The fourth-order valence-corrected chi connectivity index (χ4v) is 2.05. The van der Waals surface area contributed by atoms with Crippen molar-refractivity contribution in [1.82, 2.24) is 5.32 Å². The molecule has 5 heteroatoms. The topological polar surface area (TPSA) is 38.3 Å². The standard InChI is InChI=1S/C12H15BrFNO2/c1-7(2)15-11(12(16)17-3)9-5-4-8(14)6-10(9)13/h4-7,11,15H,1-3H3. The number of ether oxygens (including phenoxy) is 1. The van der Waals surface area contributed by atoms with E-state index in [0.29, 0.717) is 10.0 Å². The fraction of sp³-hybridized carbons (Fsp3) is 0.417. The molecular formula is C12H15BrFNO2. The number of nitrogens with one attached hydrogen (secondary N) is 1. The average molecular weight is 304 g/mol. The summed E-state index contributed by atoms with van der Waals surface area (Å²) in [7, 11) is 1.33. The largest absolute Gasteiger partial charge is 0.468 e. The van der Waals surface area contributed by atoms with Crippen LogP contribution in [0, 0.1) is 5.82 Å². The van der Waals surface area contributed by atoms with E-state index in [9.17, 15) is 9.18 Å². The van der Waals surface area contributed by atoms with Gasteiger partial charge in [0.25, 0.3) is 0 Å². The van der Waals surface area contributed by atoms with Crippen LogP contribution in [0.3, 0.4) is 0 Å². The van der Waals surface area contributed by atoms with E-state index in [1.807, 2.05) is 13.8 Å². The molecule has 0 saturated heterocycles. The third-order valence-electron chi connectivity index (χ3n) is 2.21. The lowest BCUT2D eigenvalue weighted by Crippen LogP contribution is -2.34. The predicted molar refractivity (Wildman–Crippen MR) is 67.1 cm³/mol. The summed E-state index contributed by atoms with van der Waals surface area (Å²) in [5, 5.41) is 3.08. The van der Waals surface area contributed by atoms with E-state index in [4.69, 9.17) is 4.74 Å². The molecule has 1 N–H and O–H groups in total. The zero-order chi connectivity index (χ0) is 13.0. The third kappa shape index (κ3) is 3.78. The van der Waals surface area contributed by atoms with Gasteiger partial charge in [-0.25, -0.2) is 9.18 Å². The molecule has 0 spiro atoms. The highest BCUT2D eigenvalue weighted by molar-refractivity contribution is 9.10. The van der Waals surface area contributed by atoms with E-state index in [1.165, 1.54) is 19.2 Å². The summed E-state index contributed by atoms with van der Waals surface area (Å²) in [5.41, 5.74) is 0.659. The van der Waals surface area contributed by atoms with Crippen molar-refractivity contribution in [2.75, 3.05) is 7.11 Å². The first-order chi connectivity index (χ1) is 7.95. The lowest BCUT2D eigenvalue weighted by molar-refractivity contribution is -0.143. The van der Waals surface area contributed by atoms with Gasteiger partial charge in [0.1, 0.15) is 11.9 Å². The number of carbonyl (C=O) groups excluding carboxylic acids is 1. The zero-order valence-electron chi connectivity index (χ0n) is 9.96. The van der Waals surface area contributed by atoms with Crippen molar-refractivity contribution in [3.8, 4) is 0 Å². The molecule has 0 heterocycles. The smallest absolute Gasteiger partial charge is 0.327 e. The van der Waals surface area contributed by atoms with Crippen molar-refractivity contribution in [3.05, 3.63) is 34.1 Å². The second-order valence-electron chi connectivity index (χ2n) is 3.94. The Bertz CT molecular complexity index is 409. The lowest BCUT2D eigenvalue weighted by Gasteiger charge is -2.20. The van der Waals surface area contributed by atoms with Crippen LogP contribution in [0.1, 0.15) is 25.5 Å². The fourth-order valence-electron chi connectivity index (χ4n) is 1.47. The summed E-state index contributed by atoms with van der Waals surface area (Å²) in [4.78, 5) is 11.7. The summed E-state index contributed by atoms with van der Waals surface area (Å²) in [5.74, 6) is -0.750. The molecular weight excluding hydrogens is 289 g/mol. The van der Waals surface area contributed by atoms with Crippen molar-refractivity contribution < 1.29 is 13.9 Å². The molecule has 1 atom stereocenters. The maximum atomic E-state index is 13.0. The number of esters is 1. The number of rotatable bonds is 4. The Hall–Kier alpha value is -0.940. The number of carbonyl (C=O) groups is 1. The molecule has 0 fully saturated rings. The van der Waals surface area contributed by atoms with Crippen molar-refractivity contribution in [2.45, 2.75) is 25.9 Å². The van der Waals surface area contributed by atoms with Crippen LogP contribution in [0.2, 0.25) is 0 Å². The first-order valence-corrected chi connectivity index (χ1v) is 6.03. The molecule has 3 nitrogen and oxygen atoms in total. The third-order valence-corrected chi connectivity index (χ3v) is 2.90. The van der Waals surface area contributed by atoms with E-state index >= 15 is 0 Å². The van der Waals surface area contributed by atoms with Gasteiger partial charge in [0, 0.05) is 10.5 Å². The molecule has 0 saturated carbocycles. The van der Waals surface area contributed by atoms with Crippen LogP contribution >= 0.6 is 15.9 Å². The SMILES string of the molecule is COC(=O)C(NC(C)C)c1ccc(F)cc1Br. The van der Waals surface area contributed by atoms with Gasteiger partial charge in [-0.15, -0.1) is 0 Å². The monoisotopic (exact) mass is 303 g/mol. The molecule has 0 aliphatic rings. The second-order valence-corrected chi connectivity index (χ2v) is 4.80. The van der Waals surface area contributed by atoms with Gasteiger partial charge in [-0.1, -0.05) is 22.0 Å². The van der Waals surface area contributed by atoms with E-state index in [-0.39, 0.29) is 11.9 Å². The van der Waals surface area contributed by atoms with E-state index < -0.39 is 12.0 Å². The van der Waals surface area contributed by atoms with E-state index in [2.05, 4.69) is 21.2 Å². The molecule has 1 aromatic rings. The normalized spacial score (nSPS) is 12.6. The highest BCUT2D eigenvalue weighted by atomic mass is 79.9. The molecule has 0 amide bonds. The first kappa shape index (κ1) is 14.1. The highest BCUT2D eigenvalue weighted by Crippen LogP contribution is 2.25. The molecule has 0 radical (unpaired) electrons. The Balaban J connectivity index is 3.08. The minimum absolute atomic E-state index is 0.107. The molecule has 1 aromatic carbocycles. The molecule has 94 valence electrons. The first-order valence-electron chi connectivity index (χ1n) is 5.24. The number of benzene rings is 1. The van der Waals surface area contributed by atoms with Crippen LogP contribution in [0.25, 0.3) is 0 Å². The Morgan fingerprint density at radius 1 is 1.47 bits per heavy atom. The summed E-state index contributed by atoms with van der Waals surface area (Å²) < 4.78 is 18.3. The summed E-state index contributed by atoms with van der Waals surface area (Å²) in [6.45, 7) is 3.85. The van der Waals surface area contributed by atoms with Crippen molar-refractivity contribution in [3.63, 3.8) is 0 Å². The summed E-state index contributed by atoms with van der Waals surface area (Å²) >= 11 is 3.25. The molecule has 1 rings (SSSR count). The Kier molecular flexibility index (Phi) is 5.08. The molecule has 17 heavy (non-hydrogen) atoms. The van der Waals surface area contributed by atoms with Crippen LogP contribution in [0.4, 0.5) is 4.39 Å². The maximum Gasteiger partial charge on any atom is 0.327 e. The van der Waals surface area contributed by atoms with Crippen LogP contribution in [-0.4, -0.2) is 19.1 Å². The van der Waals surface area contributed by atoms with Gasteiger partial charge in [-0.2, -0.15) is 0 Å². The molecule has 0 aliphatic heterocycles. The Labute approximate surface area is 108 Å². The van der Waals surface area contributed by atoms with E-state index in [0.717, 1.165) is 0 Å². The quantitative estimate of drug-likeness (QED) is 0.869. The number of hydrogen-bond donors (Lipinski definition) is 1. The second kappa shape index (κ2) is 6.12. The van der Waals surface area contributed by atoms with Gasteiger partial charge < -0.3 is 4.74 Å². The van der Waals surface area contributed by atoms with Crippen molar-refractivity contribution in [1.29, 1.82) is 0 Å². The minimum Gasteiger partial charge on any atom is -0.468 e. The van der Waals surface area contributed by atoms with E-state index in [1.54, 1.807) is 6.07 Å². The Morgan fingerprint density at radius 2 is 2.12 bits per heavy atom.